The van der Waals surface area contributed by atoms with Gasteiger partial charge in [-0.3, -0.25) is 0 Å². The molecule has 0 nitrogen and oxygen atoms in total. The Kier molecular flexibility index (Phi) is 14.5. The maximum absolute atomic E-state index is 2.48. The quantitative estimate of drug-likeness (QED) is 0.309. The molecule has 0 saturated heterocycles. The molecule has 5 heteroatoms. The monoisotopic (exact) mass is 492 g/mol. The first kappa shape index (κ1) is 33.0. The predicted octanol–water partition coefficient (Wildman–Crippen LogP) is -3.35. The van der Waals surface area contributed by atoms with Gasteiger partial charge >= 0.3 is 21.7 Å². The molecule has 0 fully saturated rings. The number of hydrogen-bond acceptors (Lipinski definition) is 0. The van der Waals surface area contributed by atoms with Crippen molar-refractivity contribution in [3.63, 3.8) is 0 Å². The van der Waals surface area contributed by atoms with Gasteiger partial charge in [0.2, 0.25) is 0 Å². The zero-order valence-corrected chi connectivity index (χ0v) is 23.8. The number of benzene rings is 1. The summed E-state index contributed by atoms with van der Waals surface area (Å²) in [6, 6.07) is 7.27. The van der Waals surface area contributed by atoms with Gasteiger partial charge in [-0.2, -0.15) is 22.3 Å². The van der Waals surface area contributed by atoms with Crippen LogP contribution in [0.5, 0.6) is 0 Å². The van der Waals surface area contributed by atoms with E-state index in [2.05, 4.69) is 87.4 Å². The van der Waals surface area contributed by atoms with Gasteiger partial charge in [-0.05, 0) is 13.8 Å². The summed E-state index contributed by atoms with van der Waals surface area (Å²) < 4.78 is 0. The van der Waals surface area contributed by atoms with Crippen LogP contribution in [0.2, 0.25) is 11.1 Å². The summed E-state index contributed by atoms with van der Waals surface area (Å²) >= 11 is 0. The minimum Gasteiger partial charge on any atom is -1.00 e. The number of rotatable bonds is 4. The largest absolute Gasteiger partial charge is 4.00 e. The SMILES string of the molecule is Cc1cc(C)cc([Si]([c-]2c(C)c(C)c(C)c2C)(C(C)C)C(C)C)c1.[Cl-].[Cl-].[Cl-].[Ti+4]. The van der Waals surface area contributed by atoms with Crippen LogP contribution in [0.4, 0.5) is 0 Å². The van der Waals surface area contributed by atoms with Gasteiger partial charge in [-0.15, -0.1) is 5.19 Å². The molecule has 0 saturated carbocycles. The zero-order valence-electron chi connectivity index (χ0n) is 19.0. The standard InChI is InChI=1S/C23H35Si.3ClH.Ti/c1-14(2)24(15(3)4,22-12-16(5)11-17(6)13-22)23-20(9)18(7)19(8)21(23)10;;;;/h11-15H,1-10H3;3*1H;/q-1;;;;+4/p-3. The molecule has 0 aliphatic rings. The fourth-order valence-corrected chi connectivity index (χ4v) is 11.8. The summed E-state index contributed by atoms with van der Waals surface area (Å²) in [6.07, 6.45) is 0. The second-order valence-electron chi connectivity index (χ2n) is 8.43. The molecule has 28 heavy (non-hydrogen) atoms. The van der Waals surface area contributed by atoms with E-state index in [-0.39, 0.29) is 58.9 Å². The minimum atomic E-state index is -1.86. The van der Waals surface area contributed by atoms with Gasteiger partial charge in [0.1, 0.15) is 0 Å². The molecule has 156 valence electrons. The summed E-state index contributed by atoms with van der Waals surface area (Å²) in [6.45, 7) is 23.7. The van der Waals surface area contributed by atoms with E-state index in [1.807, 2.05) is 0 Å². The molecular weight excluding hydrogens is 459 g/mol. The first-order chi connectivity index (χ1) is 11.0. The first-order valence-electron chi connectivity index (χ1n) is 9.37. The molecule has 0 unspecified atom stereocenters. The van der Waals surface area contributed by atoms with E-state index < -0.39 is 8.07 Å². The number of aryl methyl sites for hydroxylation is 2. The summed E-state index contributed by atoms with van der Waals surface area (Å²) in [5.74, 6) is 0. The molecule has 0 bridgehead atoms. The molecule has 2 aromatic rings. The molecule has 0 radical (unpaired) electrons. The minimum absolute atomic E-state index is 0. The van der Waals surface area contributed by atoms with Crippen molar-refractivity contribution in [2.45, 2.75) is 80.3 Å². The fourth-order valence-electron chi connectivity index (χ4n) is 5.11. The fraction of sp³-hybridized carbons (Fsp3) is 0.522. The molecule has 0 aliphatic carbocycles. The van der Waals surface area contributed by atoms with Gasteiger partial charge in [0.25, 0.3) is 0 Å². The van der Waals surface area contributed by atoms with E-state index >= 15 is 0 Å². The molecule has 0 aromatic heterocycles. The predicted molar refractivity (Wildman–Crippen MR) is 112 cm³/mol. The van der Waals surface area contributed by atoms with E-state index in [0.29, 0.717) is 11.1 Å². The van der Waals surface area contributed by atoms with E-state index in [1.165, 1.54) is 22.3 Å². The molecular formula is C23H35Cl3SiTi. The zero-order chi connectivity index (χ0) is 18.4. The van der Waals surface area contributed by atoms with Crippen LogP contribution in [-0.2, 0) is 21.7 Å². The van der Waals surface area contributed by atoms with Crippen molar-refractivity contribution in [1.29, 1.82) is 0 Å². The smallest absolute Gasteiger partial charge is 1.00 e. The van der Waals surface area contributed by atoms with Crippen molar-refractivity contribution in [1.82, 2.24) is 0 Å². The molecule has 0 N–H and O–H groups in total. The van der Waals surface area contributed by atoms with Crippen LogP contribution in [0.15, 0.2) is 18.2 Å². The molecule has 2 aromatic carbocycles. The van der Waals surface area contributed by atoms with Gasteiger partial charge in [0.05, 0.1) is 8.07 Å². The summed E-state index contributed by atoms with van der Waals surface area (Å²) in [4.78, 5) is 0. The van der Waals surface area contributed by atoms with Crippen molar-refractivity contribution >= 4 is 18.4 Å². The van der Waals surface area contributed by atoms with Crippen molar-refractivity contribution in [2.24, 2.45) is 0 Å². The summed E-state index contributed by atoms with van der Waals surface area (Å²) in [7, 11) is -1.86. The van der Waals surface area contributed by atoms with E-state index in [0.717, 1.165) is 0 Å². The average Bonchev–Trinajstić information content (AvgIpc) is 2.64. The van der Waals surface area contributed by atoms with Crippen LogP contribution < -0.4 is 47.6 Å². The maximum atomic E-state index is 2.48. The van der Waals surface area contributed by atoms with Crippen LogP contribution in [0.1, 0.15) is 61.1 Å². The molecule has 0 atom stereocenters. The summed E-state index contributed by atoms with van der Waals surface area (Å²) in [5, 5.41) is 3.34. The van der Waals surface area contributed by atoms with Crippen molar-refractivity contribution in [2.75, 3.05) is 0 Å². The number of halogens is 3. The second kappa shape index (κ2) is 12.3. The van der Waals surface area contributed by atoms with Gasteiger partial charge in [-0.1, -0.05) is 101 Å². The van der Waals surface area contributed by atoms with Crippen LogP contribution in [0.25, 0.3) is 0 Å². The van der Waals surface area contributed by atoms with Gasteiger partial charge < -0.3 is 37.2 Å². The third kappa shape index (κ3) is 5.34. The Balaban J connectivity index is -0.00000156. The molecule has 0 amide bonds. The van der Waals surface area contributed by atoms with Crippen LogP contribution in [0, 0.1) is 41.5 Å². The van der Waals surface area contributed by atoms with Gasteiger partial charge in [0.15, 0.2) is 0 Å². The first-order valence-corrected chi connectivity index (χ1v) is 11.5. The Labute approximate surface area is 208 Å². The number of hydrogen-bond donors (Lipinski definition) is 0. The normalized spacial score (nSPS) is 10.7. The average molecular weight is 494 g/mol. The van der Waals surface area contributed by atoms with E-state index in [1.54, 1.807) is 21.5 Å². The second-order valence-corrected chi connectivity index (χ2v) is 13.6. The Morgan fingerprint density at radius 3 is 1.25 bits per heavy atom. The maximum Gasteiger partial charge on any atom is 4.00 e. The van der Waals surface area contributed by atoms with Crippen molar-refractivity contribution in [3.8, 4) is 0 Å². The van der Waals surface area contributed by atoms with Crippen LogP contribution in [0.3, 0.4) is 0 Å². The Morgan fingerprint density at radius 2 is 0.964 bits per heavy atom. The van der Waals surface area contributed by atoms with E-state index in [9.17, 15) is 0 Å². The van der Waals surface area contributed by atoms with E-state index in [4.69, 9.17) is 0 Å². The van der Waals surface area contributed by atoms with Crippen LogP contribution in [-0.4, -0.2) is 8.07 Å². The molecule has 2 rings (SSSR count). The Bertz CT molecular complexity index is 710. The van der Waals surface area contributed by atoms with Gasteiger partial charge in [-0.25, -0.2) is 0 Å². The van der Waals surface area contributed by atoms with Gasteiger partial charge in [0, 0.05) is 0 Å². The van der Waals surface area contributed by atoms with Crippen molar-refractivity contribution < 1.29 is 58.9 Å². The molecule has 0 heterocycles. The third-order valence-corrected chi connectivity index (χ3v) is 12.8. The van der Waals surface area contributed by atoms with Crippen molar-refractivity contribution in [3.05, 3.63) is 51.6 Å². The topological polar surface area (TPSA) is 0 Å². The Morgan fingerprint density at radius 1 is 0.643 bits per heavy atom. The summed E-state index contributed by atoms with van der Waals surface area (Å²) in [5.41, 5.74) is 10.3. The Hall–Kier alpha value is 0.371. The third-order valence-electron chi connectivity index (χ3n) is 6.37. The van der Waals surface area contributed by atoms with Crippen LogP contribution >= 0.6 is 0 Å². The molecule has 0 spiro atoms. The molecule has 0 aliphatic heterocycles.